The van der Waals surface area contributed by atoms with Gasteiger partial charge in [0.15, 0.2) is 0 Å². The molecule has 2 rings (SSSR count). The molecule has 2 fully saturated rings. The van der Waals surface area contributed by atoms with Crippen LogP contribution >= 0.6 is 0 Å². The van der Waals surface area contributed by atoms with Gasteiger partial charge in [-0.25, -0.2) is 0 Å². The smallest absolute Gasteiger partial charge is 0.225 e. The van der Waals surface area contributed by atoms with Gasteiger partial charge >= 0.3 is 0 Å². The van der Waals surface area contributed by atoms with Crippen molar-refractivity contribution < 1.29 is 14.6 Å². The first-order valence-electron chi connectivity index (χ1n) is 5.32. The molecule has 0 aromatic rings. The minimum absolute atomic E-state index is 0.00838. The van der Waals surface area contributed by atoms with E-state index in [1.807, 2.05) is 4.90 Å². The van der Waals surface area contributed by atoms with Crippen LogP contribution in [-0.2, 0) is 9.53 Å². The number of aliphatic hydroxyl groups excluding tert-OH is 1. The van der Waals surface area contributed by atoms with Crippen molar-refractivity contribution in [2.75, 3.05) is 26.3 Å². The number of hydrogen-bond acceptors (Lipinski definition) is 3. The lowest BCUT2D eigenvalue weighted by Crippen LogP contribution is -2.49. The second kappa shape index (κ2) is 4.28. The van der Waals surface area contributed by atoms with E-state index < -0.39 is 0 Å². The highest BCUT2D eigenvalue weighted by Gasteiger charge is 2.32. The topological polar surface area (TPSA) is 49.8 Å². The summed E-state index contributed by atoms with van der Waals surface area (Å²) in [4.78, 5) is 13.7. The van der Waals surface area contributed by atoms with Crippen LogP contribution in [0, 0.1) is 5.92 Å². The molecule has 0 spiro atoms. The van der Waals surface area contributed by atoms with E-state index >= 15 is 0 Å². The Morgan fingerprint density at radius 1 is 1.50 bits per heavy atom. The molecule has 1 heterocycles. The van der Waals surface area contributed by atoms with Gasteiger partial charge in [-0.2, -0.15) is 0 Å². The molecular weight excluding hydrogens is 182 g/mol. The summed E-state index contributed by atoms with van der Waals surface area (Å²) >= 11 is 0. The van der Waals surface area contributed by atoms with Crippen molar-refractivity contribution >= 4 is 5.91 Å². The van der Waals surface area contributed by atoms with Crippen molar-refractivity contribution in [3.05, 3.63) is 0 Å². The van der Waals surface area contributed by atoms with Gasteiger partial charge in [-0.3, -0.25) is 4.79 Å². The number of carbonyl (C=O) groups is 1. The molecule has 1 unspecified atom stereocenters. The average Bonchev–Trinajstić information content (AvgIpc) is 2.15. The van der Waals surface area contributed by atoms with Crippen molar-refractivity contribution in [2.45, 2.75) is 25.4 Å². The molecule has 1 aliphatic heterocycles. The number of aliphatic hydroxyl groups is 1. The van der Waals surface area contributed by atoms with Gasteiger partial charge in [0.05, 0.1) is 19.3 Å². The van der Waals surface area contributed by atoms with Crippen molar-refractivity contribution in [1.82, 2.24) is 4.90 Å². The fraction of sp³-hybridized carbons (Fsp3) is 0.900. The molecule has 2 aliphatic rings. The molecule has 14 heavy (non-hydrogen) atoms. The molecule has 4 heteroatoms. The summed E-state index contributed by atoms with van der Waals surface area (Å²) in [7, 11) is 0. The second-order valence-electron chi connectivity index (χ2n) is 4.09. The molecule has 4 nitrogen and oxygen atoms in total. The van der Waals surface area contributed by atoms with Crippen molar-refractivity contribution in [3.8, 4) is 0 Å². The molecule has 0 bridgehead atoms. The van der Waals surface area contributed by atoms with E-state index in [4.69, 9.17) is 9.84 Å². The number of carbonyl (C=O) groups excluding carboxylic acids is 1. The van der Waals surface area contributed by atoms with Gasteiger partial charge < -0.3 is 14.7 Å². The molecule has 1 N–H and O–H groups in total. The standard InChI is InChI=1S/C10H17NO3/c12-7-9-6-11(4-5-14-9)10(13)8-2-1-3-8/h8-9,12H,1-7H2. The SMILES string of the molecule is O=C(C1CCC1)N1CCOC(CO)C1. The van der Waals surface area contributed by atoms with Gasteiger partial charge in [-0.05, 0) is 12.8 Å². The Bertz CT molecular complexity index is 215. The first kappa shape index (κ1) is 9.93. The van der Waals surface area contributed by atoms with Crippen LogP contribution < -0.4 is 0 Å². The zero-order chi connectivity index (χ0) is 9.97. The van der Waals surface area contributed by atoms with E-state index in [9.17, 15) is 4.79 Å². The number of ether oxygens (including phenoxy) is 1. The zero-order valence-electron chi connectivity index (χ0n) is 8.32. The van der Waals surface area contributed by atoms with Crippen LogP contribution in [-0.4, -0.2) is 48.3 Å². The van der Waals surface area contributed by atoms with Crippen LogP contribution in [0.3, 0.4) is 0 Å². The molecule has 1 aliphatic carbocycles. The summed E-state index contributed by atoms with van der Waals surface area (Å²) in [6, 6.07) is 0. The number of rotatable bonds is 2. The van der Waals surface area contributed by atoms with E-state index in [1.165, 1.54) is 6.42 Å². The highest BCUT2D eigenvalue weighted by Crippen LogP contribution is 2.28. The number of amides is 1. The summed E-state index contributed by atoms with van der Waals surface area (Å²) in [5, 5.41) is 8.94. The fourth-order valence-electron chi connectivity index (χ4n) is 1.94. The maximum absolute atomic E-state index is 11.8. The Morgan fingerprint density at radius 3 is 2.86 bits per heavy atom. The third-order valence-electron chi connectivity index (χ3n) is 3.11. The second-order valence-corrected chi connectivity index (χ2v) is 4.09. The van der Waals surface area contributed by atoms with E-state index in [1.54, 1.807) is 0 Å². The van der Waals surface area contributed by atoms with Crippen LogP contribution in [0.1, 0.15) is 19.3 Å². The lowest BCUT2D eigenvalue weighted by molar-refractivity contribution is -0.147. The van der Waals surface area contributed by atoms with E-state index in [0.717, 1.165) is 12.8 Å². The maximum atomic E-state index is 11.8. The third kappa shape index (κ3) is 1.91. The van der Waals surface area contributed by atoms with Gasteiger partial charge in [0.25, 0.3) is 0 Å². The van der Waals surface area contributed by atoms with Gasteiger partial charge in [0.1, 0.15) is 0 Å². The first-order valence-corrected chi connectivity index (χ1v) is 5.32. The fourth-order valence-corrected chi connectivity index (χ4v) is 1.94. The molecule has 1 atom stereocenters. The Kier molecular flexibility index (Phi) is 3.03. The molecule has 0 aromatic carbocycles. The maximum Gasteiger partial charge on any atom is 0.225 e. The number of hydrogen-bond donors (Lipinski definition) is 1. The van der Waals surface area contributed by atoms with Crippen LogP contribution in [0.5, 0.6) is 0 Å². The predicted octanol–water partition coefficient (Wildman–Crippen LogP) is 0.00620. The largest absolute Gasteiger partial charge is 0.394 e. The molecule has 0 aromatic heterocycles. The number of morpholine rings is 1. The summed E-state index contributed by atoms with van der Waals surface area (Å²) in [6.45, 7) is 1.82. The van der Waals surface area contributed by atoms with Crippen molar-refractivity contribution in [2.24, 2.45) is 5.92 Å². The summed E-state index contributed by atoms with van der Waals surface area (Å²) in [5.74, 6) is 0.519. The van der Waals surface area contributed by atoms with Crippen LogP contribution in [0.2, 0.25) is 0 Å². The molecule has 0 radical (unpaired) electrons. The van der Waals surface area contributed by atoms with Crippen molar-refractivity contribution in [3.63, 3.8) is 0 Å². The van der Waals surface area contributed by atoms with Crippen LogP contribution in [0.15, 0.2) is 0 Å². The molecule has 1 saturated carbocycles. The van der Waals surface area contributed by atoms with E-state index in [-0.39, 0.29) is 24.5 Å². The highest BCUT2D eigenvalue weighted by atomic mass is 16.5. The lowest BCUT2D eigenvalue weighted by atomic mass is 9.84. The Morgan fingerprint density at radius 2 is 2.29 bits per heavy atom. The van der Waals surface area contributed by atoms with Crippen LogP contribution in [0.25, 0.3) is 0 Å². The highest BCUT2D eigenvalue weighted by molar-refractivity contribution is 5.79. The van der Waals surface area contributed by atoms with Crippen LogP contribution in [0.4, 0.5) is 0 Å². The quantitative estimate of drug-likeness (QED) is 0.681. The van der Waals surface area contributed by atoms with Gasteiger partial charge in [-0.1, -0.05) is 6.42 Å². The summed E-state index contributed by atoms with van der Waals surface area (Å²) in [5.41, 5.74) is 0. The van der Waals surface area contributed by atoms with Gasteiger partial charge in [-0.15, -0.1) is 0 Å². The van der Waals surface area contributed by atoms with E-state index in [0.29, 0.717) is 19.7 Å². The minimum Gasteiger partial charge on any atom is -0.394 e. The van der Waals surface area contributed by atoms with E-state index in [2.05, 4.69) is 0 Å². The lowest BCUT2D eigenvalue weighted by Gasteiger charge is -2.36. The minimum atomic E-state index is -0.173. The summed E-state index contributed by atoms with van der Waals surface area (Å²) < 4.78 is 5.30. The normalized spacial score (nSPS) is 28.6. The average molecular weight is 199 g/mol. The third-order valence-corrected chi connectivity index (χ3v) is 3.11. The Labute approximate surface area is 83.8 Å². The zero-order valence-corrected chi connectivity index (χ0v) is 8.32. The molecular formula is C10H17NO3. The van der Waals surface area contributed by atoms with Gasteiger partial charge in [0.2, 0.25) is 5.91 Å². The summed E-state index contributed by atoms with van der Waals surface area (Å²) in [6.07, 6.45) is 3.09. The Hall–Kier alpha value is -0.610. The first-order chi connectivity index (χ1) is 6.81. The predicted molar refractivity (Wildman–Crippen MR) is 50.7 cm³/mol. The Balaban J connectivity index is 1.86. The monoisotopic (exact) mass is 199 g/mol. The number of nitrogens with zero attached hydrogens (tertiary/aromatic N) is 1. The van der Waals surface area contributed by atoms with Gasteiger partial charge in [0, 0.05) is 19.0 Å². The molecule has 80 valence electrons. The van der Waals surface area contributed by atoms with Crippen molar-refractivity contribution in [1.29, 1.82) is 0 Å². The molecule has 1 saturated heterocycles. The molecule has 1 amide bonds.